The third-order valence-electron chi connectivity index (χ3n) is 9.77. The molecule has 2 aliphatic rings. The van der Waals surface area contributed by atoms with E-state index in [4.69, 9.17) is 0 Å². The molecule has 0 aromatic carbocycles. The summed E-state index contributed by atoms with van der Waals surface area (Å²) in [7, 11) is 0. The van der Waals surface area contributed by atoms with Crippen LogP contribution in [0.1, 0.15) is 170 Å². The molecule has 0 N–H and O–H groups in total. The van der Waals surface area contributed by atoms with E-state index in [1.54, 1.807) is 0 Å². The van der Waals surface area contributed by atoms with Gasteiger partial charge in [-0.2, -0.15) is 11.8 Å². The molecular weight excluding hydrogens is 440 g/mol. The standard InChI is InChI=1S/C34H66S/c1-33(2,3)31-25-17-15-23-29(31)21-13-9-7-11-19-27-35-28-20-12-8-10-14-22-30-24-16-18-26-32(30)34(4,5)6/h29-32H,7-28H2,1-6H3. The van der Waals surface area contributed by atoms with Gasteiger partial charge in [0.2, 0.25) is 0 Å². The molecule has 0 amide bonds. The molecule has 0 aromatic heterocycles. The summed E-state index contributed by atoms with van der Waals surface area (Å²) < 4.78 is 0. The fourth-order valence-corrected chi connectivity index (χ4v) is 8.79. The van der Waals surface area contributed by atoms with Crippen LogP contribution in [0.25, 0.3) is 0 Å². The highest BCUT2D eigenvalue weighted by molar-refractivity contribution is 7.99. The lowest BCUT2D eigenvalue weighted by Gasteiger charge is -2.40. The number of thioether (sulfide) groups is 1. The van der Waals surface area contributed by atoms with Gasteiger partial charge in [-0.3, -0.25) is 0 Å². The van der Waals surface area contributed by atoms with Crippen LogP contribution in [-0.2, 0) is 0 Å². The van der Waals surface area contributed by atoms with Gasteiger partial charge in [-0.15, -0.1) is 0 Å². The zero-order chi connectivity index (χ0) is 25.6. The first-order valence-electron chi connectivity index (χ1n) is 16.3. The molecule has 0 nitrogen and oxygen atoms in total. The second-order valence-corrected chi connectivity index (χ2v) is 16.0. The summed E-state index contributed by atoms with van der Waals surface area (Å²) in [6.07, 6.45) is 29.7. The maximum absolute atomic E-state index is 2.48. The van der Waals surface area contributed by atoms with Crippen LogP contribution >= 0.6 is 11.8 Å². The molecule has 2 saturated carbocycles. The van der Waals surface area contributed by atoms with E-state index in [1.807, 2.05) is 0 Å². The largest absolute Gasteiger partial charge is 0.162 e. The van der Waals surface area contributed by atoms with Crippen molar-refractivity contribution in [2.24, 2.45) is 34.5 Å². The van der Waals surface area contributed by atoms with Crippen LogP contribution in [-0.4, -0.2) is 11.5 Å². The minimum Gasteiger partial charge on any atom is -0.162 e. The quantitative estimate of drug-likeness (QED) is 0.187. The van der Waals surface area contributed by atoms with E-state index in [1.165, 1.54) is 140 Å². The fraction of sp³-hybridized carbons (Fsp3) is 1.00. The van der Waals surface area contributed by atoms with E-state index in [2.05, 4.69) is 53.3 Å². The van der Waals surface area contributed by atoms with Gasteiger partial charge in [0.1, 0.15) is 0 Å². The molecule has 0 spiro atoms. The van der Waals surface area contributed by atoms with Crippen LogP contribution in [0.3, 0.4) is 0 Å². The third kappa shape index (κ3) is 13.1. The molecule has 0 radical (unpaired) electrons. The average Bonchev–Trinajstić information content (AvgIpc) is 2.81. The number of unbranched alkanes of at least 4 members (excludes halogenated alkanes) is 8. The smallest absolute Gasteiger partial charge is 0.00675 e. The molecule has 0 saturated heterocycles. The van der Waals surface area contributed by atoms with Gasteiger partial charge in [-0.05, 0) is 71.7 Å². The van der Waals surface area contributed by atoms with Gasteiger partial charge in [0, 0.05) is 0 Å². The van der Waals surface area contributed by atoms with Gasteiger partial charge >= 0.3 is 0 Å². The van der Waals surface area contributed by atoms with Gasteiger partial charge in [0.25, 0.3) is 0 Å². The molecule has 0 bridgehead atoms. The molecule has 2 aliphatic carbocycles. The Morgan fingerprint density at radius 1 is 0.457 bits per heavy atom. The predicted molar refractivity (Wildman–Crippen MR) is 163 cm³/mol. The summed E-state index contributed by atoms with van der Waals surface area (Å²) >= 11 is 2.23. The normalized spacial score (nSPS) is 26.2. The Kier molecular flexibility index (Phi) is 15.4. The van der Waals surface area contributed by atoms with Crippen molar-refractivity contribution in [3.8, 4) is 0 Å². The van der Waals surface area contributed by atoms with Gasteiger partial charge < -0.3 is 0 Å². The Balaban J connectivity index is 1.35. The lowest BCUT2D eigenvalue weighted by Crippen LogP contribution is -2.31. The van der Waals surface area contributed by atoms with Gasteiger partial charge in [-0.25, -0.2) is 0 Å². The highest BCUT2D eigenvalue weighted by Gasteiger charge is 2.34. The number of hydrogen-bond acceptors (Lipinski definition) is 1. The summed E-state index contributed by atoms with van der Waals surface area (Å²) in [4.78, 5) is 0. The third-order valence-corrected chi connectivity index (χ3v) is 10.9. The van der Waals surface area contributed by atoms with E-state index in [0.29, 0.717) is 10.8 Å². The van der Waals surface area contributed by atoms with E-state index in [9.17, 15) is 0 Å². The number of rotatable bonds is 16. The van der Waals surface area contributed by atoms with E-state index < -0.39 is 0 Å². The first kappa shape index (κ1) is 31.6. The van der Waals surface area contributed by atoms with Crippen molar-refractivity contribution in [1.82, 2.24) is 0 Å². The molecule has 208 valence electrons. The van der Waals surface area contributed by atoms with E-state index >= 15 is 0 Å². The first-order chi connectivity index (χ1) is 16.7. The minimum absolute atomic E-state index is 0.521. The van der Waals surface area contributed by atoms with Crippen molar-refractivity contribution in [3.05, 3.63) is 0 Å². The summed E-state index contributed by atoms with van der Waals surface area (Å²) in [6.45, 7) is 14.9. The summed E-state index contributed by atoms with van der Waals surface area (Å²) in [5, 5.41) is 0. The van der Waals surface area contributed by atoms with Gasteiger partial charge in [0.05, 0.1) is 0 Å². The van der Waals surface area contributed by atoms with Gasteiger partial charge in [-0.1, -0.05) is 144 Å². The van der Waals surface area contributed by atoms with Crippen molar-refractivity contribution in [1.29, 1.82) is 0 Å². The lowest BCUT2D eigenvalue weighted by atomic mass is 9.65. The fourth-order valence-electron chi connectivity index (χ4n) is 7.77. The molecule has 2 rings (SSSR count). The summed E-state index contributed by atoms with van der Waals surface area (Å²) in [6, 6.07) is 0. The van der Waals surface area contributed by atoms with Crippen LogP contribution in [0.2, 0.25) is 0 Å². The Hall–Kier alpha value is 0.350. The SMILES string of the molecule is CC(C)(C)C1CCCCC1CCCCCCCSCCCCCCCC1CCCCC1C(C)(C)C. The van der Waals surface area contributed by atoms with Crippen molar-refractivity contribution < 1.29 is 0 Å². The molecule has 35 heavy (non-hydrogen) atoms. The topological polar surface area (TPSA) is 0 Å². The van der Waals surface area contributed by atoms with Crippen LogP contribution in [0, 0.1) is 34.5 Å². The lowest BCUT2D eigenvalue weighted by molar-refractivity contribution is 0.0994. The van der Waals surface area contributed by atoms with Crippen LogP contribution in [0.15, 0.2) is 0 Å². The molecule has 2 fully saturated rings. The molecule has 0 aromatic rings. The summed E-state index contributed by atoms with van der Waals surface area (Å²) in [5.41, 5.74) is 1.04. The predicted octanol–water partition coefficient (Wildman–Crippen LogP) is 12.1. The van der Waals surface area contributed by atoms with E-state index in [0.717, 1.165) is 23.7 Å². The van der Waals surface area contributed by atoms with Crippen LogP contribution < -0.4 is 0 Å². The highest BCUT2D eigenvalue weighted by Crippen LogP contribution is 2.45. The Bertz CT molecular complexity index is 464. The minimum atomic E-state index is 0.521. The maximum Gasteiger partial charge on any atom is -0.00675 e. The maximum atomic E-state index is 2.48. The molecule has 0 heterocycles. The Labute approximate surface area is 227 Å². The van der Waals surface area contributed by atoms with Crippen molar-refractivity contribution in [3.63, 3.8) is 0 Å². The Morgan fingerprint density at radius 2 is 0.800 bits per heavy atom. The molecule has 4 atom stereocenters. The van der Waals surface area contributed by atoms with Crippen LogP contribution in [0.5, 0.6) is 0 Å². The molecule has 0 aliphatic heterocycles. The van der Waals surface area contributed by atoms with Crippen molar-refractivity contribution in [2.45, 2.75) is 170 Å². The first-order valence-corrected chi connectivity index (χ1v) is 17.4. The zero-order valence-corrected chi connectivity index (χ0v) is 26.1. The molecule has 1 heteroatoms. The highest BCUT2D eigenvalue weighted by atomic mass is 32.2. The second kappa shape index (κ2) is 17.0. The Morgan fingerprint density at radius 3 is 1.20 bits per heavy atom. The van der Waals surface area contributed by atoms with E-state index in [-0.39, 0.29) is 0 Å². The van der Waals surface area contributed by atoms with Crippen LogP contribution in [0.4, 0.5) is 0 Å². The monoisotopic (exact) mass is 506 g/mol. The van der Waals surface area contributed by atoms with Crippen molar-refractivity contribution in [2.75, 3.05) is 11.5 Å². The number of hydrogen-bond donors (Lipinski definition) is 0. The van der Waals surface area contributed by atoms with Crippen molar-refractivity contribution >= 4 is 11.8 Å². The average molecular weight is 507 g/mol. The molecule has 4 unspecified atom stereocenters. The molecular formula is C34H66S. The zero-order valence-electron chi connectivity index (χ0n) is 25.3. The summed E-state index contributed by atoms with van der Waals surface area (Å²) in [5.74, 6) is 6.81. The van der Waals surface area contributed by atoms with Gasteiger partial charge in [0.15, 0.2) is 0 Å². The second-order valence-electron chi connectivity index (χ2n) is 14.8.